The number of nitrogens with zero attached hydrogens (tertiary/aromatic N) is 3. The van der Waals surface area contributed by atoms with Crippen LogP contribution >= 0.6 is 11.3 Å². The Morgan fingerprint density at radius 2 is 1.94 bits per heavy atom. The van der Waals surface area contributed by atoms with Crippen molar-refractivity contribution in [2.75, 3.05) is 44.6 Å². The smallest absolute Gasteiger partial charge is 0.182 e. The molecule has 0 aliphatic carbocycles. The van der Waals surface area contributed by atoms with E-state index in [2.05, 4.69) is 33.9 Å². The van der Waals surface area contributed by atoms with E-state index in [4.69, 9.17) is 0 Å². The molecule has 2 heterocycles. The number of aromatic nitrogens is 1. The van der Waals surface area contributed by atoms with E-state index in [1.165, 1.54) is 37.6 Å². The van der Waals surface area contributed by atoms with Crippen LogP contribution in [0.3, 0.4) is 0 Å². The lowest BCUT2D eigenvalue weighted by Gasteiger charge is -2.33. The zero-order valence-corrected chi connectivity index (χ0v) is 12.3. The number of rotatable bonds is 6. The number of hydrogen-bond acceptors (Lipinski definition) is 5. The van der Waals surface area contributed by atoms with Gasteiger partial charge in [0.05, 0.1) is 0 Å². The van der Waals surface area contributed by atoms with Gasteiger partial charge in [0.15, 0.2) is 5.13 Å². The summed E-state index contributed by atoms with van der Waals surface area (Å²) in [6, 6.07) is 0. The van der Waals surface area contributed by atoms with Crippen molar-refractivity contribution in [3.05, 3.63) is 11.1 Å². The number of piperazine rings is 1. The Balaban J connectivity index is 1.77. The fraction of sp³-hybridized carbons (Fsp3) is 0.769. The SMILES string of the molecule is CCCNc1ncc(CN2CCN(CC)CC2)s1. The van der Waals surface area contributed by atoms with Gasteiger partial charge in [-0.05, 0) is 13.0 Å². The van der Waals surface area contributed by atoms with Crippen LogP contribution in [0.5, 0.6) is 0 Å². The maximum Gasteiger partial charge on any atom is 0.182 e. The van der Waals surface area contributed by atoms with E-state index >= 15 is 0 Å². The van der Waals surface area contributed by atoms with E-state index in [1.807, 2.05) is 6.20 Å². The van der Waals surface area contributed by atoms with Gasteiger partial charge < -0.3 is 10.2 Å². The number of nitrogens with one attached hydrogen (secondary N) is 1. The van der Waals surface area contributed by atoms with E-state index in [1.54, 1.807) is 11.3 Å². The molecule has 1 aliphatic heterocycles. The Morgan fingerprint density at radius 1 is 1.22 bits per heavy atom. The van der Waals surface area contributed by atoms with Crippen LogP contribution in [-0.4, -0.2) is 54.1 Å². The highest BCUT2D eigenvalue weighted by atomic mass is 32.1. The van der Waals surface area contributed by atoms with Crippen molar-refractivity contribution >= 4 is 16.5 Å². The predicted octanol–water partition coefficient (Wildman–Crippen LogP) is 2.10. The zero-order chi connectivity index (χ0) is 12.8. The monoisotopic (exact) mass is 268 g/mol. The standard InChI is InChI=1S/C13H24N4S/c1-3-5-14-13-15-10-12(18-13)11-17-8-6-16(4-2)7-9-17/h10H,3-9,11H2,1-2H3,(H,14,15). The van der Waals surface area contributed by atoms with Crippen LogP contribution in [0.2, 0.25) is 0 Å². The molecule has 102 valence electrons. The highest BCUT2D eigenvalue weighted by Gasteiger charge is 2.16. The minimum absolute atomic E-state index is 1.02. The average Bonchev–Trinajstić information content (AvgIpc) is 2.85. The third-order valence-electron chi connectivity index (χ3n) is 3.37. The summed E-state index contributed by atoms with van der Waals surface area (Å²) in [4.78, 5) is 10.8. The largest absolute Gasteiger partial charge is 0.362 e. The molecule has 0 amide bonds. The van der Waals surface area contributed by atoms with Gasteiger partial charge in [0.2, 0.25) is 0 Å². The first-order chi connectivity index (χ1) is 8.81. The molecule has 1 aromatic heterocycles. The first-order valence-corrected chi connectivity index (χ1v) is 7.76. The van der Waals surface area contributed by atoms with Crippen LogP contribution in [0.4, 0.5) is 5.13 Å². The van der Waals surface area contributed by atoms with E-state index < -0.39 is 0 Å². The number of likely N-dealkylation sites (N-methyl/N-ethyl adjacent to an activating group) is 1. The molecule has 0 saturated carbocycles. The van der Waals surface area contributed by atoms with E-state index in [-0.39, 0.29) is 0 Å². The van der Waals surface area contributed by atoms with Crippen molar-refractivity contribution < 1.29 is 0 Å². The summed E-state index contributed by atoms with van der Waals surface area (Å²) in [6.45, 7) is 12.4. The molecule has 2 rings (SSSR count). The Labute approximate surface area is 114 Å². The predicted molar refractivity (Wildman–Crippen MR) is 78.3 cm³/mol. The van der Waals surface area contributed by atoms with Gasteiger partial charge in [0.1, 0.15) is 0 Å². The van der Waals surface area contributed by atoms with Crippen LogP contribution in [0.15, 0.2) is 6.20 Å². The number of thiazole rings is 1. The molecule has 0 aromatic carbocycles. The van der Waals surface area contributed by atoms with Gasteiger partial charge in [-0.2, -0.15) is 0 Å². The van der Waals surface area contributed by atoms with Crippen LogP contribution < -0.4 is 5.32 Å². The maximum atomic E-state index is 4.42. The molecule has 1 N–H and O–H groups in total. The lowest BCUT2D eigenvalue weighted by Crippen LogP contribution is -2.45. The Hall–Kier alpha value is -0.650. The van der Waals surface area contributed by atoms with Crippen LogP contribution in [0, 0.1) is 0 Å². The number of anilines is 1. The summed E-state index contributed by atoms with van der Waals surface area (Å²) in [5.41, 5.74) is 0. The molecule has 0 atom stereocenters. The van der Waals surface area contributed by atoms with E-state index in [0.29, 0.717) is 0 Å². The molecule has 0 unspecified atom stereocenters. The van der Waals surface area contributed by atoms with Crippen molar-refractivity contribution in [2.45, 2.75) is 26.8 Å². The maximum absolute atomic E-state index is 4.42. The second kappa shape index (κ2) is 7.07. The topological polar surface area (TPSA) is 31.4 Å². The molecule has 0 radical (unpaired) electrons. The molecule has 1 saturated heterocycles. The third kappa shape index (κ3) is 3.93. The highest BCUT2D eigenvalue weighted by molar-refractivity contribution is 7.15. The fourth-order valence-corrected chi connectivity index (χ4v) is 3.06. The normalized spacial score (nSPS) is 18.1. The van der Waals surface area contributed by atoms with Gasteiger partial charge in [-0.25, -0.2) is 4.98 Å². The Bertz CT molecular complexity index is 345. The van der Waals surface area contributed by atoms with Crippen molar-refractivity contribution in [1.29, 1.82) is 0 Å². The molecule has 4 nitrogen and oxygen atoms in total. The summed E-state index contributed by atoms with van der Waals surface area (Å²) in [6.07, 6.45) is 3.17. The summed E-state index contributed by atoms with van der Waals surface area (Å²) in [7, 11) is 0. The fourth-order valence-electron chi connectivity index (χ4n) is 2.18. The van der Waals surface area contributed by atoms with Crippen molar-refractivity contribution in [1.82, 2.24) is 14.8 Å². The van der Waals surface area contributed by atoms with Gasteiger partial charge in [-0.3, -0.25) is 4.90 Å². The Morgan fingerprint density at radius 3 is 2.61 bits per heavy atom. The summed E-state index contributed by atoms with van der Waals surface area (Å²) < 4.78 is 0. The van der Waals surface area contributed by atoms with Gasteiger partial charge in [-0.1, -0.05) is 13.8 Å². The van der Waals surface area contributed by atoms with Crippen molar-refractivity contribution in [2.24, 2.45) is 0 Å². The second-order valence-corrected chi connectivity index (χ2v) is 5.88. The second-order valence-electron chi connectivity index (χ2n) is 4.77. The van der Waals surface area contributed by atoms with Crippen molar-refractivity contribution in [3.8, 4) is 0 Å². The first-order valence-electron chi connectivity index (χ1n) is 6.95. The summed E-state index contributed by atoms with van der Waals surface area (Å²) >= 11 is 1.80. The molecular weight excluding hydrogens is 244 g/mol. The third-order valence-corrected chi connectivity index (χ3v) is 4.31. The van der Waals surface area contributed by atoms with E-state index in [9.17, 15) is 0 Å². The van der Waals surface area contributed by atoms with Crippen LogP contribution in [0.1, 0.15) is 25.1 Å². The van der Waals surface area contributed by atoms with Gasteiger partial charge in [0, 0.05) is 50.3 Å². The molecule has 0 spiro atoms. The van der Waals surface area contributed by atoms with Gasteiger partial charge in [-0.15, -0.1) is 11.3 Å². The van der Waals surface area contributed by atoms with Crippen molar-refractivity contribution in [3.63, 3.8) is 0 Å². The molecule has 1 aliphatic rings. The number of hydrogen-bond donors (Lipinski definition) is 1. The first kappa shape index (κ1) is 13.8. The summed E-state index contributed by atoms with van der Waals surface area (Å²) in [5.74, 6) is 0. The lowest BCUT2D eigenvalue weighted by atomic mass is 10.3. The average molecular weight is 268 g/mol. The molecule has 0 bridgehead atoms. The van der Waals surface area contributed by atoms with Crippen LogP contribution in [-0.2, 0) is 6.54 Å². The van der Waals surface area contributed by atoms with E-state index in [0.717, 1.165) is 24.6 Å². The Kier molecular flexibility index (Phi) is 5.41. The molecule has 1 fully saturated rings. The molecule has 18 heavy (non-hydrogen) atoms. The van der Waals surface area contributed by atoms with Crippen LogP contribution in [0.25, 0.3) is 0 Å². The minimum Gasteiger partial charge on any atom is -0.362 e. The minimum atomic E-state index is 1.02. The van der Waals surface area contributed by atoms with Gasteiger partial charge in [0.25, 0.3) is 0 Å². The summed E-state index contributed by atoms with van der Waals surface area (Å²) in [5, 5.41) is 4.42. The molecular formula is C13H24N4S. The molecule has 1 aromatic rings. The lowest BCUT2D eigenvalue weighted by molar-refractivity contribution is 0.133. The van der Waals surface area contributed by atoms with Gasteiger partial charge >= 0.3 is 0 Å². The molecule has 5 heteroatoms. The quantitative estimate of drug-likeness (QED) is 0.856. The highest BCUT2D eigenvalue weighted by Crippen LogP contribution is 2.20. The zero-order valence-electron chi connectivity index (χ0n) is 11.5.